The number of aromatic nitrogens is 1. The second-order valence-corrected chi connectivity index (χ2v) is 3.90. The predicted octanol–water partition coefficient (Wildman–Crippen LogP) is 2.84. The van der Waals surface area contributed by atoms with Gasteiger partial charge in [-0.15, -0.1) is 0 Å². The zero-order chi connectivity index (χ0) is 13.0. The fourth-order valence-corrected chi connectivity index (χ4v) is 1.97. The van der Waals surface area contributed by atoms with Crippen molar-refractivity contribution >= 4 is 11.4 Å². The Kier molecular flexibility index (Phi) is 3.89. The zero-order valence-corrected chi connectivity index (χ0v) is 10.3. The molecule has 1 aromatic heterocycles. The summed E-state index contributed by atoms with van der Waals surface area (Å²) in [5.74, 6) is -0.246. The molecule has 2 aromatic rings. The zero-order valence-electron chi connectivity index (χ0n) is 10.3. The Labute approximate surface area is 106 Å². The van der Waals surface area contributed by atoms with Gasteiger partial charge in [-0.25, -0.2) is 4.39 Å². The summed E-state index contributed by atoms with van der Waals surface area (Å²) in [6.45, 7) is 3.10. The largest absolute Gasteiger partial charge is 0.340 e. The number of nitrogens with two attached hydrogens (primary N) is 1. The summed E-state index contributed by atoms with van der Waals surface area (Å²) in [6, 6.07) is 10.3. The maximum atomic E-state index is 13.3. The molecule has 0 saturated heterocycles. The molecular weight excluding hydrogens is 229 g/mol. The topological polar surface area (TPSA) is 42.2 Å². The normalized spacial score (nSPS) is 10.4. The average Bonchev–Trinajstić information content (AvgIpc) is 2.40. The van der Waals surface area contributed by atoms with Crippen molar-refractivity contribution in [1.82, 2.24) is 4.98 Å². The monoisotopic (exact) mass is 245 g/mol. The highest BCUT2D eigenvalue weighted by molar-refractivity contribution is 5.65. The van der Waals surface area contributed by atoms with Gasteiger partial charge in [-0.3, -0.25) is 4.98 Å². The molecule has 18 heavy (non-hydrogen) atoms. The van der Waals surface area contributed by atoms with Crippen LogP contribution in [0.1, 0.15) is 12.6 Å². The third-order valence-corrected chi connectivity index (χ3v) is 2.79. The van der Waals surface area contributed by atoms with Gasteiger partial charge in [0.15, 0.2) is 0 Å². The highest BCUT2D eigenvalue weighted by atomic mass is 19.1. The number of pyridine rings is 1. The van der Waals surface area contributed by atoms with Crippen molar-refractivity contribution in [3.8, 4) is 0 Å². The van der Waals surface area contributed by atoms with Gasteiger partial charge in [0.2, 0.25) is 0 Å². The van der Waals surface area contributed by atoms with Crippen LogP contribution in [0.25, 0.3) is 0 Å². The summed E-state index contributed by atoms with van der Waals surface area (Å²) in [5.41, 5.74) is 8.23. The first-order valence-corrected chi connectivity index (χ1v) is 5.93. The highest BCUT2D eigenvalue weighted by Crippen LogP contribution is 2.27. The minimum atomic E-state index is -0.246. The Morgan fingerprint density at radius 2 is 2.11 bits per heavy atom. The van der Waals surface area contributed by atoms with Crippen LogP contribution < -0.4 is 10.6 Å². The Balaban J connectivity index is 2.45. The molecule has 0 saturated carbocycles. The van der Waals surface area contributed by atoms with E-state index in [4.69, 9.17) is 5.73 Å². The molecule has 4 heteroatoms. The number of nitrogens with zero attached hydrogens (tertiary/aromatic N) is 2. The lowest BCUT2D eigenvalue weighted by molar-refractivity contribution is 0.627. The molecular formula is C14H16FN3. The van der Waals surface area contributed by atoms with Gasteiger partial charge in [0.05, 0.1) is 11.4 Å². The molecule has 0 aliphatic heterocycles. The molecule has 0 aliphatic carbocycles. The molecule has 3 nitrogen and oxygen atoms in total. The Morgan fingerprint density at radius 3 is 2.78 bits per heavy atom. The third-order valence-electron chi connectivity index (χ3n) is 2.79. The molecule has 0 spiro atoms. The second kappa shape index (κ2) is 5.60. The van der Waals surface area contributed by atoms with Crippen molar-refractivity contribution in [3.05, 3.63) is 54.1 Å². The van der Waals surface area contributed by atoms with Gasteiger partial charge in [-0.05, 0) is 37.3 Å². The first-order valence-electron chi connectivity index (χ1n) is 5.93. The summed E-state index contributed by atoms with van der Waals surface area (Å²) in [6.07, 6.45) is 1.71. The average molecular weight is 245 g/mol. The molecule has 0 aliphatic rings. The van der Waals surface area contributed by atoms with E-state index < -0.39 is 0 Å². The van der Waals surface area contributed by atoms with Gasteiger partial charge in [0, 0.05) is 25.0 Å². The van der Waals surface area contributed by atoms with E-state index >= 15 is 0 Å². The van der Waals surface area contributed by atoms with Crippen molar-refractivity contribution < 1.29 is 4.39 Å². The molecule has 1 heterocycles. The van der Waals surface area contributed by atoms with Crippen molar-refractivity contribution in [2.24, 2.45) is 5.73 Å². The van der Waals surface area contributed by atoms with Crippen LogP contribution >= 0.6 is 0 Å². The van der Waals surface area contributed by atoms with E-state index in [2.05, 4.69) is 4.98 Å². The maximum Gasteiger partial charge on any atom is 0.125 e. The molecule has 0 unspecified atom stereocenters. The first-order chi connectivity index (χ1) is 8.76. The van der Waals surface area contributed by atoms with Crippen LogP contribution in [0.3, 0.4) is 0 Å². The van der Waals surface area contributed by atoms with Crippen molar-refractivity contribution in [1.29, 1.82) is 0 Å². The Morgan fingerprint density at radius 1 is 1.28 bits per heavy atom. The lowest BCUT2D eigenvalue weighted by Crippen LogP contribution is -2.19. The van der Waals surface area contributed by atoms with E-state index in [1.54, 1.807) is 12.3 Å². The van der Waals surface area contributed by atoms with E-state index in [9.17, 15) is 4.39 Å². The van der Waals surface area contributed by atoms with Gasteiger partial charge < -0.3 is 10.6 Å². The molecule has 0 fully saturated rings. The van der Waals surface area contributed by atoms with E-state index in [0.29, 0.717) is 6.54 Å². The lowest BCUT2D eigenvalue weighted by atomic mass is 10.2. The van der Waals surface area contributed by atoms with Crippen LogP contribution in [0.4, 0.5) is 15.8 Å². The number of hydrogen-bond acceptors (Lipinski definition) is 3. The molecule has 0 atom stereocenters. The van der Waals surface area contributed by atoms with Gasteiger partial charge in [-0.1, -0.05) is 6.07 Å². The van der Waals surface area contributed by atoms with Gasteiger partial charge in [0.25, 0.3) is 0 Å². The third kappa shape index (κ3) is 2.49. The fourth-order valence-electron chi connectivity index (χ4n) is 1.97. The number of halogens is 1. The minimum absolute atomic E-state index is 0.246. The summed E-state index contributed by atoms with van der Waals surface area (Å²) in [5, 5.41) is 0. The lowest BCUT2D eigenvalue weighted by Gasteiger charge is -2.25. The number of rotatable bonds is 4. The van der Waals surface area contributed by atoms with E-state index in [-0.39, 0.29) is 5.82 Å². The summed E-state index contributed by atoms with van der Waals surface area (Å²) < 4.78 is 13.3. The van der Waals surface area contributed by atoms with E-state index in [1.807, 2.05) is 30.0 Å². The van der Waals surface area contributed by atoms with E-state index in [0.717, 1.165) is 23.6 Å². The number of benzene rings is 1. The molecule has 0 bridgehead atoms. The molecule has 0 radical (unpaired) electrons. The van der Waals surface area contributed by atoms with Crippen LogP contribution in [0.5, 0.6) is 0 Å². The Hall–Kier alpha value is -1.94. The van der Waals surface area contributed by atoms with Crippen LogP contribution in [0.15, 0.2) is 42.6 Å². The Bertz CT molecular complexity index is 528. The predicted molar refractivity (Wildman–Crippen MR) is 71.2 cm³/mol. The second-order valence-electron chi connectivity index (χ2n) is 3.90. The van der Waals surface area contributed by atoms with Crippen molar-refractivity contribution in [3.63, 3.8) is 0 Å². The number of anilines is 2. The van der Waals surface area contributed by atoms with Crippen LogP contribution in [0.2, 0.25) is 0 Å². The van der Waals surface area contributed by atoms with Crippen LogP contribution in [-0.4, -0.2) is 11.5 Å². The fraction of sp³-hybridized carbons (Fsp3) is 0.214. The van der Waals surface area contributed by atoms with Crippen molar-refractivity contribution in [2.45, 2.75) is 13.5 Å². The molecule has 0 amide bonds. The smallest absolute Gasteiger partial charge is 0.125 e. The molecule has 2 N–H and O–H groups in total. The van der Waals surface area contributed by atoms with E-state index in [1.165, 1.54) is 12.1 Å². The molecule has 2 rings (SSSR count). The summed E-state index contributed by atoms with van der Waals surface area (Å²) in [4.78, 5) is 6.25. The highest BCUT2D eigenvalue weighted by Gasteiger charge is 2.11. The standard InChI is InChI=1S/C14H16FN3/c1-2-18(12-6-3-5-11(15)9-12)14-7-4-8-17-13(14)10-16/h3-9H,2,10,16H2,1H3. The quantitative estimate of drug-likeness (QED) is 0.900. The first kappa shape index (κ1) is 12.5. The van der Waals surface area contributed by atoms with Crippen LogP contribution in [0, 0.1) is 5.82 Å². The van der Waals surface area contributed by atoms with Gasteiger partial charge >= 0.3 is 0 Å². The molecule has 94 valence electrons. The van der Waals surface area contributed by atoms with Gasteiger partial charge in [0.1, 0.15) is 5.82 Å². The summed E-state index contributed by atoms with van der Waals surface area (Å²) in [7, 11) is 0. The van der Waals surface area contributed by atoms with Crippen molar-refractivity contribution in [2.75, 3.05) is 11.4 Å². The SMILES string of the molecule is CCN(c1cccc(F)c1)c1cccnc1CN. The molecule has 1 aromatic carbocycles. The van der Waals surface area contributed by atoms with Crippen LogP contribution in [-0.2, 0) is 6.54 Å². The maximum absolute atomic E-state index is 13.3. The summed E-state index contributed by atoms with van der Waals surface area (Å²) >= 11 is 0. The van der Waals surface area contributed by atoms with Gasteiger partial charge in [-0.2, -0.15) is 0 Å². The minimum Gasteiger partial charge on any atom is -0.340 e. The number of hydrogen-bond donors (Lipinski definition) is 1.